The van der Waals surface area contributed by atoms with Crippen molar-refractivity contribution in [3.05, 3.63) is 41.8 Å². The lowest BCUT2D eigenvalue weighted by Gasteiger charge is -2.13. The van der Waals surface area contributed by atoms with Crippen LogP contribution in [0, 0.1) is 0 Å². The second-order valence-corrected chi connectivity index (χ2v) is 4.33. The van der Waals surface area contributed by atoms with Crippen LogP contribution in [0.3, 0.4) is 0 Å². The van der Waals surface area contributed by atoms with Gasteiger partial charge in [0.2, 0.25) is 0 Å². The Bertz CT molecular complexity index is 595. The zero-order chi connectivity index (χ0) is 14.5. The fraction of sp³-hybridized carbons (Fsp3) is 0.231. The Labute approximate surface area is 116 Å². The summed E-state index contributed by atoms with van der Waals surface area (Å²) in [6.45, 7) is 0.182. The average Bonchev–Trinajstić information content (AvgIpc) is 2.93. The van der Waals surface area contributed by atoms with Crippen molar-refractivity contribution >= 4 is 11.6 Å². The van der Waals surface area contributed by atoms with Crippen LogP contribution in [0.4, 0.5) is 5.69 Å². The number of nitrogen functional groups attached to an aromatic ring is 1. The van der Waals surface area contributed by atoms with Gasteiger partial charge in [0, 0.05) is 31.9 Å². The minimum absolute atomic E-state index is 0.119. The van der Waals surface area contributed by atoms with E-state index in [4.69, 9.17) is 15.1 Å². The fourth-order valence-corrected chi connectivity index (χ4v) is 1.57. The molecule has 2 rings (SSSR count). The van der Waals surface area contributed by atoms with Gasteiger partial charge in [0.15, 0.2) is 11.5 Å². The van der Waals surface area contributed by atoms with Gasteiger partial charge in [-0.1, -0.05) is 11.2 Å². The second-order valence-electron chi connectivity index (χ2n) is 4.33. The number of carbonyl (C=O) groups excluding carboxylic acids is 1. The predicted molar refractivity (Wildman–Crippen MR) is 73.3 cm³/mol. The Morgan fingerprint density at radius 1 is 1.45 bits per heavy atom. The van der Waals surface area contributed by atoms with E-state index in [1.54, 1.807) is 0 Å². The molecule has 7 heteroatoms. The first-order valence-corrected chi connectivity index (χ1v) is 5.97. The van der Waals surface area contributed by atoms with Crippen molar-refractivity contribution in [1.29, 1.82) is 0 Å². The van der Waals surface area contributed by atoms with Crippen molar-refractivity contribution in [2.45, 2.75) is 6.61 Å². The number of hydrogen-bond acceptors (Lipinski definition) is 6. The van der Waals surface area contributed by atoms with E-state index >= 15 is 0 Å². The molecule has 20 heavy (non-hydrogen) atoms. The van der Waals surface area contributed by atoms with Gasteiger partial charge in [-0.25, -0.2) is 5.84 Å². The van der Waals surface area contributed by atoms with Gasteiger partial charge in [0.25, 0.3) is 5.91 Å². The number of hydrazine groups is 1. The summed E-state index contributed by atoms with van der Waals surface area (Å²) >= 11 is 0. The molecule has 3 N–H and O–H groups in total. The number of ether oxygens (including phenoxy) is 1. The van der Waals surface area contributed by atoms with Crippen LogP contribution >= 0.6 is 0 Å². The van der Waals surface area contributed by atoms with E-state index in [9.17, 15) is 4.79 Å². The van der Waals surface area contributed by atoms with E-state index in [1.807, 2.05) is 48.7 Å². The van der Waals surface area contributed by atoms with Crippen LogP contribution in [0.25, 0.3) is 0 Å². The molecule has 0 aliphatic heterocycles. The third-order valence-electron chi connectivity index (χ3n) is 2.64. The zero-order valence-electron chi connectivity index (χ0n) is 11.3. The summed E-state index contributed by atoms with van der Waals surface area (Å²) < 4.78 is 10.6. The van der Waals surface area contributed by atoms with Crippen LogP contribution < -0.4 is 20.9 Å². The summed E-state index contributed by atoms with van der Waals surface area (Å²) in [6.07, 6.45) is 0. The lowest BCUT2D eigenvalue weighted by molar-refractivity contribution is 0.0944. The number of rotatable bonds is 5. The Balaban J connectivity index is 2.00. The zero-order valence-corrected chi connectivity index (χ0v) is 11.3. The van der Waals surface area contributed by atoms with Crippen molar-refractivity contribution in [3.8, 4) is 5.75 Å². The molecule has 0 aliphatic rings. The van der Waals surface area contributed by atoms with E-state index in [0.29, 0.717) is 11.5 Å². The van der Waals surface area contributed by atoms with Crippen LogP contribution in [-0.4, -0.2) is 25.2 Å². The maximum absolute atomic E-state index is 11.2. The van der Waals surface area contributed by atoms with Crippen LogP contribution in [-0.2, 0) is 6.61 Å². The Morgan fingerprint density at radius 3 is 2.95 bits per heavy atom. The molecule has 1 aromatic carbocycles. The highest BCUT2D eigenvalue weighted by atomic mass is 16.5. The lowest BCUT2D eigenvalue weighted by atomic mass is 10.3. The minimum Gasteiger partial charge on any atom is -0.485 e. The molecule has 0 fully saturated rings. The van der Waals surface area contributed by atoms with Crippen LogP contribution in [0.5, 0.6) is 5.75 Å². The summed E-state index contributed by atoms with van der Waals surface area (Å²) in [5.74, 6) is 5.65. The normalized spacial score (nSPS) is 10.2. The van der Waals surface area contributed by atoms with Crippen molar-refractivity contribution < 1.29 is 14.1 Å². The third kappa shape index (κ3) is 3.27. The highest BCUT2D eigenvalue weighted by Gasteiger charge is 2.11. The second kappa shape index (κ2) is 6.07. The molecule has 0 bridgehead atoms. The molecule has 0 spiro atoms. The van der Waals surface area contributed by atoms with Gasteiger partial charge in [-0.15, -0.1) is 0 Å². The Hall–Kier alpha value is -2.54. The number of aromatic nitrogens is 1. The summed E-state index contributed by atoms with van der Waals surface area (Å²) in [6, 6.07) is 9.11. The summed E-state index contributed by atoms with van der Waals surface area (Å²) in [5, 5.41) is 3.59. The molecule has 0 saturated heterocycles. The van der Waals surface area contributed by atoms with Crippen LogP contribution in [0.2, 0.25) is 0 Å². The quantitative estimate of drug-likeness (QED) is 0.479. The lowest BCUT2D eigenvalue weighted by Crippen LogP contribution is -2.30. The number of anilines is 1. The van der Waals surface area contributed by atoms with Gasteiger partial charge in [0.1, 0.15) is 12.4 Å². The van der Waals surface area contributed by atoms with Gasteiger partial charge < -0.3 is 14.2 Å². The number of nitrogens with two attached hydrogens (primary N) is 1. The smallest absolute Gasteiger partial charge is 0.287 e. The third-order valence-corrected chi connectivity index (χ3v) is 2.64. The molecule has 7 nitrogen and oxygen atoms in total. The van der Waals surface area contributed by atoms with Crippen LogP contribution in [0.15, 0.2) is 34.9 Å². The summed E-state index contributed by atoms with van der Waals surface area (Å²) in [4.78, 5) is 13.2. The standard InChI is InChI=1S/C13H16N4O3/c1-17(2)9-4-3-5-10(6-9)19-8-11-7-12(16-20-11)13(18)15-14/h3-7H,8,14H2,1-2H3,(H,15,18). The van der Waals surface area contributed by atoms with Gasteiger partial charge in [-0.3, -0.25) is 10.2 Å². The molecular weight excluding hydrogens is 260 g/mol. The SMILES string of the molecule is CN(C)c1cccc(OCc2cc(C(=O)NN)no2)c1. The molecule has 106 valence electrons. The Kier molecular flexibility index (Phi) is 4.21. The molecule has 2 aromatic rings. The molecule has 0 atom stereocenters. The first-order valence-electron chi connectivity index (χ1n) is 5.97. The first kappa shape index (κ1) is 13.9. The number of benzene rings is 1. The molecule has 0 radical (unpaired) electrons. The topological polar surface area (TPSA) is 93.6 Å². The van der Waals surface area contributed by atoms with Crippen molar-refractivity contribution in [1.82, 2.24) is 10.6 Å². The van der Waals surface area contributed by atoms with Crippen LogP contribution in [0.1, 0.15) is 16.2 Å². The number of nitrogens with zero attached hydrogens (tertiary/aromatic N) is 2. The van der Waals surface area contributed by atoms with E-state index in [2.05, 4.69) is 5.16 Å². The van der Waals surface area contributed by atoms with Crippen molar-refractivity contribution in [2.75, 3.05) is 19.0 Å². The first-order chi connectivity index (χ1) is 9.60. The molecule has 1 heterocycles. The number of hydrogen-bond donors (Lipinski definition) is 2. The summed E-state index contributed by atoms with van der Waals surface area (Å²) in [7, 11) is 3.90. The predicted octanol–water partition coefficient (Wildman–Crippen LogP) is 0.923. The molecule has 1 amide bonds. The van der Waals surface area contributed by atoms with Gasteiger partial charge >= 0.3 is 0 Å². The molecule has 0 saturated carbocycles. The maximum Gasteiger partial charge on any atom is 0.287 e. The van der Waals surface area contributed by atoms with Gasteiger partial charge in [-0.2, -0.15) is 0 Å². The average molecular weight is 276 g/mol. The number of amides is 1. The number of nitrogens with one attached hydrogen (secondary N) is 1. The van der Waals surface area contributed by atoms with E-state index < -0.39 is 5.91 Å². The van der Waals surface area contributed by atoms with E-state index in [0.717, 1.165) is 5.69 Å². The highest BCUT2D eigenvalue weighted by Crippen LogP contribution is 2.20. The fourth-order valence-electron chi connectivity index (χ4n) is 1.57. The van der Waals surface area contributed by atoms with Crippen molar-refractivity contribution in [2.24, 2.45) is 5.84 Å². The van der Waals surface area contributed by atoms with Gasteiger partial charge in [-0.05, 0) is 12.1 Å². The maximum atomic E-state index is 11.2. The molecule has 0 unspecified atom stereocenters. The monoisotopic (exact) mass is 276 g/mol. The molecule has 0 aliphatic carbocycles. The highest BCUT2D eigenvalue weighted by molar-refractivity contribution is 5.91. The van der Waals surface area contributed by atoms with E-state index in [-0.39, 0.29) is 12.3 Å². The summed E-state index contributed by atoms with van der Waals surface area (Å²) in [5.41, 5.74) is 3.13. The Morgan fingerprint density at radius 2 is 2.25 bits per heavy atom. The van der Waals surface area contributed by atoms with E-state index in [1.165, 1.54) is 6.07 Å². The molecule has 1 aromatic heterocycles. The molecular formula is C13H16N4O3. The van der Waals surface area contributed by atoms with Gasteiger partial charge in [0.05, 0.1) is 0 Å². The number of carbonyl (C=O) groups is 1. The van der Waals surface area contributed by atoms with Crippen molar-refractivity contribution in [3.63, 3.8) is 0 Å². The minimum atomic E-state index is -0.505. The largest absolute Gasteiger partial charge is 0.485 e.